The van der Waals surface area contributed by atoms with Gasteiger partial charge < -0.3 is 93.0 Å². The SMILES string of the molecule is NC[C@H]1O[C@H](O[C@H]2[C@H](O[C@@H]3O[C@H](CO)[C@@H](O)[C@H]3O)[C@@H](O)[C@H](N)C[C@@H]2N)[C@H](N)[C@@H](O)[C@@H]1OP(=O)(O)OC[C@H]1O[C@@H](n2cnc3c(N)ncnc32)[C@H](O)[C@@H]1O. The Hall–Kier alpha value is -2.18. The Balaban J connectivity index is 1.09. The topological polar surface area (TPSA) is 417 Å². The Morgan fingerprint density at radius 3 is 2.17 bits per heavy atom. The van der Waals surface area contributed by atoms with Crippen molar-refractivity contribution in [3.8, 4) is 0 Å². The maximum atomic E-state index is 13.1. The van der Waals surface area contributed by atoms with Crippen LogP contribution >= 0.6 is 7.82 Å². The van der Waals surface area contributed by atoms with E-state index in [4.69, 9.17) is 61.4 Å². The van der Waals surface area contributed by atoms with Crippen molar-refractivity contribution < 1.29 is 77.9 Å². The maximum absolute atomic E-state index is 13.1. The van der Waals surface area contributed by atoms with E-state index >= 15 is 0 Å². The number of aliphatic hydroxyl groups excluding tert-OH is 7. The quantitative estimate of drug-likeness (QED) is 0.0889. The third-order valence-corrected chi connectivity index (χ3v) is 10.7. The van der Waals surface area contributed by atoms with Crippen molar-refractivity contribution in [3.05, 3.63) is 12.7 Å². The fraction of sp³-hybridized carbons (Fsp3) is 0.815. The van der Waals surface area contributed by atoms with Crippen molar-refractivity contribution in [2.45, 2.75) is 117 Å². The first-order valence-electron chi connectivity index (χ1n) is 16.6. The van der Waals surface area contributed by atoms with Crippen LogP contribution in [-0.2, 0) is 37.3 Å². The normalized spacial score (nSPS) is 44.8. The Morgan fingerprint density at radius 1 is 0.811 bits per heavy atom. The second-order valence-electron chi connectivity index (χ2n) is 13.3. The molecule has 0 amide bonds. The minimum atomic E-state index is -5.11. The van der Waals surface area contributed by atoms with Gasteiger partial charge in [-0.05, 0) is 6.42 Å². The van der Waals surface area contributed by atoms with Crippen LogP contribution in [0.1, 0.15) is 12.6 Å². The van der Waals surface area contributed by atoms with E-state index in [9.17, 15) is 45.2 Å². The largest absolute Gasteiger partial charge is 0.472 e. The number of hydrogen-bond acceptors (Lipinski definition) is 23. The van der Waals surface area contributed by atoms with Crippen LogP contribution in [0, 0.1) is 0 Å². The van der Waals surface area contributed by atoms with E-state index in [0.717, 1.165) is 0 Å². The van der Waals surface area contributed by atoms with Gasteiger partial charge in [0.2, 0.25) is 0 Å². The molecule has 3 saturated heterocycles. The highest BCUT2D eigenvalue weighted by molar-refractivity contribution is 7.47. The molecule has 0 spiro atoms. The molecule has 1 saturated carbocycles. The monoisotopic (exact) mass is 783 g/mol. The van der Waals surface area contributed by atoms with E-state index in [0.29, 0.717) is 0 Å². The number of hydrogen-bond donors (Lipinski definition) is 13. The molecule has 0 radical (unpaired) electrons. The van der Waals surface area contributed by atoms with Crippen LogP contribution in [0.25, 0.3) is 11.2 Å². The number of phosphoric ester groups is 1. The van der Waals surface area contributed by atoms with Crippen LogP contribution in [0.2, 0.25) is 0 Å². The Labute approximate surface area is 300 Å². The number of aliphatic hydroxyl groups is 7. The van der Waals surface area contributed by atoms with E-state index < -0.39 is 138 Å². The smallest absolute Gasteiger partial charge is 0.394 e. The minimum absolute atomic E-state index is 0.0162. The minimum Gasteiger partial charge on any atom is -0.394 e. The van der Waals surface area contributed by atoms with Crippen molar-refractivity contribution in [1.29, 1.82) is 0 Å². The number of aromatic nitrogens is 4. The number of anilines is 1. The van der Waals surface area contributed by atoms with Crippen molar-refractivity contribution in [2.24, 2.45) is 22.9 Å². The zero-order chi connectivity index (χ0) is 38.5. The Bertz CT molecular complexity index is 1600. The molecule has 4 fully saturated rings. The summed E-state index contributed by atoms with van der Waals surface area (Å²) in [5.74, 6) is 0.0656. The molecule has 6 rings (SSSR count). The number of nitrogens with two attached hydrogens (primary N) is 5. The molecule has 26 heteroatoms. The van der Waals surface area contributed by atoms with Gasteiger partial charge in [0.15, 0.2) is 30.3 Å². The van der Waals surface area contributed by atoms with Crippen molar-refractivity contribution >= 4 is 24.8 Å². The predicted molar refractivity (Wildman–Crippen MR) is 172 cm³/mol. The Morgan fingerprint density at radius 2 is 1.49 bits per heavy atom. The molecule has 1 aliphatic carbocycles. The van der Waals surface area contributed by atoms with E-state index in [1.54, 1.807) is 0 Å². The molecule has 2 aromatic heterocycles. The van der Waals surface area contributed by atoms with Crippen LogP contribution in [-0.4, -0.2) is 184 Å². The third kappa shape index (κ3) is 7.94. The van der Waals surface area contributed by atoms with Crippen LogP contribution in [0.4, 0.5) is 5.82 Å². The molecule has 1 unspecified atom stereocenters. The molecule has 25 nitrogen and oxygen atoms in total. The van der Waals surface area contributed by atoms with Gasteiger partial charge in [-0.1, -0.05) is 0 Å². The number of nitrogen functional groups attached to an aromatic ring is 1. The van der Waals surface area contributed by atoms with Gasteiger partial charge in [-0.15, -0.1) is 0 Å². The zero-order valence-corrected chi connectivity index (χ0v) is 28.7. The number of fused-ring (bicyclic) bond motifs is 1. The second kappa shape index (κ2) is 16.1. The molecule has 2 aromatic rings. The average Bonchev–Trinajstić information content (AvgIpc) is 3.77. The molecule has 53 heavy (non-hydrogen) atoms. The lowest BCUT2D eigenvalue weighted by molar-refractivity contribution is -0.305. The first-order chi connectivity index (χ1) is 25.1. The van der Waals surface area contributed by atoms with Crippen molar-refractivity contribution in [3.63, 3.8) is 0 Å². The van der Waals surface area contributed by atoms with Gasteiger partial charge in [-0.3, -0.25) is 13.6 Å². The first-order valence-corrected chi connectivity index (χ1v) is 18.1. The standard InChI is InChI=1S/C27H46N9O16P/c28-2-9-21(52-53(44,45)46-4-11-16(40)18(42)25(47-11)36-6-35-13-23(32)33-5-34-24(13)36)17(41)12(31)26(48-9)50-20-8(30)1-7(29)14(38)22(20)51-27-19(43)15(39)10(3-37)49-27/h5-12,14-22,25-27,37-43H,1-4,28-31H2,(H,44,45)(H2,32,33,34)/t7-,8+,9-,10-,11-,12-,14+,15-,16-,17-,18-,19-,20-,21-,22-,25-,26-,27+/m1/s1. The number of phosphoric acid groups is 1. The summed E-state index contributed by atoms with van der Waals surface area (Å²) in [7, 11) is -5.11. The average molecular weight is 784 g/mol. The summed E-state index contributed by atoms with van der Waals surface area (Å²) in [6, 6.07) is -3.36. The van der Waals surface area contributed by atoms with Crippen LogP contribution < -0.4 is 28.7 Å². The van der Waals surface area contributed by atoms with Gasteiger partial charge in [0.05, 0.1) is 31.7 Å². The van der Waals surface area contributed by atoms with Gasteiger partial charge in [-0.2, -0.15) is 0 Å². The van der Waals surface area contributed by atoms with Gasteiger partial charge in [0, 0.05) is 18.6 Å². The molecule has 300 valence electrons. The van der Waals surface area contributed by atoms with E-state index in [1.165, 1.54) is 17.2 Å². The highest BCUT2D eigenvalue weighted by atomic mass is 31.2. The number of nitrogens with zero attached hydrogens (tertiary/aromatic N) is 4. The molecular formula is C27H46N9O16P. The van der Waals surface area contributed by atoms with E-state index in [1.807, 2.05) is 0 Å². The molecular weight excluding hydrogens is 737 g/mol. The fourth-order valence-corrected chi connectivity index (χ4v) is 7.75. The summed E-state index contributed by atoms with van der Waals surface area (Å²) in [6.07, 6.45) is -19.7. The van der Waals surface area contributed by atoms with Gasteiger partial charge in [-0.25, -0.2) is 19.5 Å². The van der Waals surface area contributed by atoms with Gasteiger partial charge in [0.25, 0.3) is 0 Å². The lowest BCUT2D eigenvalue weighted by Crippen LogP contribution is -2.68. The second-order valence-corrected chi connectivity index (χ2v) is 14.7. The number of rotatable bonds is 12. The van der Waals surface area contributed by atoms with Gasteiger partial charge >= 0.3 is 7.82 Å². The third-order valence-electron chi connectivity index (χ3n) is 9.75. The van der Waals surface area contributed by atoms with E-state index in [-0.39, 0.29) is 23.4 Å². The molecule has 5 heterocycles. The van der Waals surface area contributed by atoms with E-state index in [2.05, 4.69) is 15.0 Å². The van der Waals surface area contributed by atoms with Crippen molar-refractivity contribution in [2.75, 3.05) is 25.5 Å². The highest BCUT2D eigenvalue weighted by Gasteiger charge is 2.54. The molecule has 3 aliphatic heterocycles. The summed E-state index contributed by atoms with van der Waals surface area (Å²) in [6.45, 7) is -1.83. The van der Waals surface area contributed by atoms with Crippen LogP contribution in [0.5, 0.6) is 0 Å². The molecule has 0 aromatic carbocycles. The van der Waals surface area contributed by atoms with Crippen LogP contribution in [0.15, 0.2) is 12.7 Å². The maximum Gasteiger partial charge on any atom is 0.472 e. The summed E-state index contributed by atoms with van der Waals surface area (Å²) in [4.78, 5) is 22.6. The predicted octanol–water partition coefficient (Wildman–Crippen LogP) is -7.47. The summed E-state index contributed by atoms with van der Waals surface area (Å²) < 4.78 is 53.5. The molecule has 19 atom stereocenters. The zero-order valence-electron chi connectivity index (χ0n) is 27.8. The summed E-state index contributed by atoms with van der Waals surface area (Å²) >= 11 is 0. The summed E-state index contributed by atoms with van der Waals surface area (Å²) in [5.41, 5.74) is 30.7. The van der Waals surface area contributed by atoms with Gasteiger partial charge in [0.1, 0.15) is 79.0 Å². The lowest BCUT2D eigenvalue weighted by atomic mass is 9.84. The summed E-state index contributed by atoms with van der Waals surface area (Å²) in [5, 5.41) is 73.4. The Kier molecular flexibility index (Phi) is 12.3. The first kappa shape index (κ1) is 40.5. The number of ether oxygens (including phenoxy) is 5. The lowest BCUT2D eigenvalue weighted by Gasteiger charge is -2.47. The van der Waals surface area contributed by atoms with Crippen LogP contribution in [0.3, 0.4) is 0 Å². The highest BCUT2D eigenvalue weighted by Crippen LogP contribution is 2.48. The van der Waals surface area contributed by atoms with Crippen molar-refractivity contribution in [1.82, 2.24) is 19.5 Å². The fourth-order valence-electron chi connectivity index (χ4n) is 6.78. The molecule has 0 bridgehead atoms. The number of imidazole rings is 1. The molecule has 18 N–H and O–H groups in total. The molecule has 4 aliphatic rings.